The number of rotatable bonds is 3. The van der Waals surface area contributed by atoms with E-state index in [1.54, 1.807) is 0 Å². The summed E-state index contributed by atoms with van der Waals surface area (Å²) in [6.45, 7) is 6.20. The van der Waals surface area contributed by atoms with Gasteiger partial charge in [0.05, 0.1) is 0 Å². The van der Waals surface area contributed by atoms with E-state index in [0.29, 0.717) is 0 Å². The quantitative estimate of drug-likeness (QED) is 0.639. The first-order chi connectivity index (χ1) is 7.79. The van der Waals surface area contributed by atoms with Crippen molar-refractivity contribution in [2.75, 3.05) is 0 Å². The van der Waals surface area contributed by atoms with Crippen LogP contribution in [0.3, 0.4) is 0 Å². The van der Waals surface area contributed by atoms with Gasteiger partial charge in [-0.15, -0.1) is 6.58 Å². The maximum Gasteiger partial charge on any atom is 0.00994 e. The lowest BCUT2D eigenvalue weighted by Crippen LogP contribution is -2.16. The van der Waals surface area contributed by atoms with E-state index in [1.807, 2.05) is 0 Å². The van der Waals surface area contributed by atoms with Gasteiger partial charge >= 0.3 is 0 Å². The molecule has 0 nitrogen and oxygen atoms in total. The average Bonchev–Trinajstić information content (AvgIpc) is 2.40. The van der Waals surface area contributed by atoms with Crippen LogP contribution in [0.15, 0.2) is 61.2 Å². The molecule has 0 radical (unpaired) electrons. The summed E-state index contributed by atoms with van der Waals surface area (Å²) in [4.78, 5) is 0. The maximum absolute atomic E-state index is 3.98. The first-order valence-corrected chi connectivity index (χ1v) is 5.87. The molecular formula is C16H18. The SMILES string of the molecule is C=CC1(CC)C=CC=C(c2ccccc2)C1. The molecule has 0 spiro atoms. The fourth-order valence-electron chi connectivity index (χ4n) is 2.21. The van der Waals surface area contributed by atoms with Gasteiger partial charge in [-0.25, -0.2) is 0 Å². The molecule has 0 aromatic heterocycles. The van der Waals surface area contributed by atoms with Crippen LogP contribution in [0, 0.1) is 5.41 Å². The molecule has 1 atom stereocenters. The van der Waals surface area contributed by atoms with Gasteiger partial charge in [0.15, 0.2) is 0 Å². The average molecular weight is 210 g/mol. The van der Waals surface area contributed by atoms with E-state index in [9.17, 15) is 0 Å². The Labute approximate surface area is 98.0 Å². The monoisotopic (exact) mass is 210 g/mol. The number of hydrogen-bond acceptors (Lipinski definition) is 0. The van der Waals surface area contributed by atoms with Crippen LogP contribution in [-0.4, -0.2) is 0 Å². The second kappa shape index (κ2) is 4.52. The van der Waals surface area contributed by atoms with Crippen molar-refractivity contribution in [3.8, 4) is 0 Å². The molecule has 0 saturated carbocycles. The molecule has 0 aliphatic heterocycles. The van der Waals surface area contributed by atoms with E-state index in [0.717, 1.165) is 12.8 Å². The Bertz CT molecular complexity index is 423. The zero-order valence-electron chi connectivity index (χ0n) is 9.82. The molecule has 0 bridgehead atoms. The second-order valence-corrected chi connectivity index (χ2v) is 4.38. The fraction of sp³-hybridized carbons (Fsp3) is 0.250. The number of benzene rings is 1. The minimum Gasteiger partial charge on any atom is -0.102 e. The van der Waals surface area contributed by atoms with Crippen molar-refractivity contribution in [1.82, 2.24) is 0 Å². The molecule has 1 aromatic carbocycles. The van der Waals surface area contributed by atoms with Crippen LogP contribution < -0.4 is 0 Å². The van der Waals surface area contributed by atoms with Crippen molar-refractivity contribution in [3.63, 3.8) is 0 Å². The Morgan fingerprint density at radius 1 is 1.31 bits per heavy atom. The Hall–Kier alpha value is -1.56. The third kappa shape index (κ3) is 2.01. The first kappa shape index (κ1) is 10.9. The summed E-state index contributed by atoms with van der Waals surface area (Å²) in [7, 11) is 0. The summed E-state index contributed by atoms with van der Waals surface area (Å²) in [5.41, 5.74) is 2.89. The van der Waals surface area contributed by atoms with E-state index >= 15 is 0 Å². The highest BCUT2D eigenvalue weighted by Gasteiger charge is 2.24. The Morgan fingerprint density at radius 3 is 2.69 bits per heavy atom. The Kier molecular flexibility index (Phi) is 3.09. The fourth-order valence-corrected chi connectivity index (χ4v) is 2.21. The minimum absolute atomic E-state index is 0.153. The molecule has 0 amide bonds. The van der Waals surface area contributed by atoms with Gasteiger partial charge < -0.3 is 0 Å². The number of allylic oxidation sites excluding steroid dienone is 5. The van der Waals surface area contributed by atoms with Crippen molar-refractivity contribution in [3.05, 3.63) is 66.8 Å². The van der Waals surface area contributed by atoms with Gasteiger partial charge in [0.2, 0.25) is 0 Å². The minimum atomic E-state index is 0.153. The molecule has 1 aliphatic rings. The molecule has 0 saturated heterocycles. The Balaban J connectivity index is 2.30. The highest BCUT2D eigenvalue weighted by atomic mass is 14.3. The van der Waals surface area contributed by atoms with E-state index in [1.165, 1.54) is 11.1 Å². The lowest BCUT2D eigenvalue weighted by Gasteiger charge is -2.29. The van der Waals surface area contributed by atoms with Crippen LogP contribution >= 0.6 is 0 Å². The molecule has 0 fully saturated rings. The van der Waals surface area contributed by atoms with Crippen LogP contribution in [0.2, 0.25) is 0 Å². The van der Waals surface area contributed by atoms with Crippen LogP contribution in [0.5, 0.6) is 0 Å². The smallest absolute Gasteiger partial charge is 0.00994 e. The van der Waals surface area contributed by atoms with Gasteiger partial charge in [0.25, 0.3) is 0 Å². The Morgan fingerprint density at radius 2 is 2.06 bits per heavy atom. The lowest BCUT2D eigenvalue weighted by atomic mass is 9.75. The van der Waals surface area contributed by atoms with Crippen molar-refractivity contribution in [2.24, 2.45) is 5.41 Å². The summed E-state index contributed by atoms with van der Waals surface area (Å²) in [6, 6.07) is 10.6. The topological polar surface area (TPSA) is 0 Å². The predicted octanol–water partition coefficient (Wildman–Crippen LogP) is 4.61. The van der Waals surface area contributed by atoms with Gasteiger partial charge in [-0.3, -0.25) is 0 Å². The molecule has 82 valence electrons. The van der Waals surface area contributed by atoms with Gasteiger partial charge in [-0.05, 0) is 24.0 Å². The molecule has 16 heavy (non-hydrogen) atoms. The van der Waals surface area contributed by atoms with Gasteiger partial charge in [-0.1, -0.05) is 61.6 Å². The van der Waals surface area contributed by atoms with Crippen molar-refractivity contribution < 1.29 is 0 Å². The zero-order chi connectivity index (χ0) is 11.4. The summed E-state index contributed by atoms with van der Waals surface area (Å²) in [5.74, 6) is 0. The summed E-state index contributed by atoms with van der Waals surface area (Å²) >= 11 is 0. The zero-order valence-corrected chi connectivity index (χ0v) is 9.82. The number of hydrogen-bond donors (Lipinski definition) is 0. The van der Waals surface area contributed by atoms with Crippen molar-refractivity contribution >= 4 is 5.57 Å². The standard InChI is InChI=1S/C16H18/c1-3-16(4-2)12-8-11-15(13-16)14-9-6-5-7-10-14/h3,5-12H,1,4,13H2,2H3. The second-order valence-electron chi connectivity index (χ2n) is 4.38. The molecule has 1 aliphatic carbocycles. The maximum atomic E-state index is 3.98. The van der Waals surface area contributed by atoms with E-state index in [-0.39, 0.29) is 5.41 Å². The summed E-state index contributed by atoms with van der Waals surface area (Å²) in [6.07, 6.45) is 10.9. The van der Waals surface area contributed by atoms with Crippen molar-refractivity contribution in [2.45, 2.75) is 19.8 Å². The lowest BCUT2D eigenvalue weighted by molar-refractivity contribution is 0.485. The molecular weight excluding hydrogens is 192 g/mol. The predicted molar refractivity (Wildman–Crippen MR) is 71.1 cm³/mol. The van der Waals surface area contributed by atoms with Crippen LogP contribution in [0.4, 0.5) is 0 Å². The van der Waals surface area contributed by atoms with E-state index in [2.05, 4.69) is 68.1 Å². The molecule has 1 aromatic rings. The highest BCUT2D eigenvalue weighted by molar-refractivity contribution is 5.69. The molecule has 2 rings (SSSR count). The van der Waals surface area contributed by atoms with Crippen LogP contribution in [-0.2, 0) is 0 Å². The van der Waals surface area contributed by atoms with Crippen LogP contribution in [0.1, 0.15) is 25.3 Å². The van der Waals surface area contributed by atoms with Crippen molar-refractivity contribution in [1.29, 1.82) is 0 Å². The highest BCUT2D eigenvalue weighted by Crippen LogP contribution is 2.39. The normalized spacial score (nSPS) is 23.9. The summed E-state index contributed by atoms with van der Waals surface area (Å²) < 4.78 is 0. The van der Waals surface area contributed by atoms with Crippen LogP contribution in [0.25, 0.3) is 5.57 Å². The molecule has 1 unspecified atom stereocenters. The summed E-state index contributed by atoms with van der Waals surface area (Å²) in [5, 5.41) is 0. The largest absolute Gasteiger partial charge is 0.102 e. The van der Waals surface area contributed by atoms with Gasteiger partial charge in [0.1, 0.15) is 0 Å². The third-order valence-electron chi connectivity index (χ3n) is 3.45. The molecule has 0 N–H and O–H groups in total. The van der Waals surface area contributed by atoms with Gasteiger partial charge in [0, 0.05) is 5.41 Å². The third-order valence-corrected chi connectivity index (χ3v) is 3.45. The van der Waals surface area contributed by atoms with E-state index < -0.39 is 0 Å². The first-order valence-electron chi connectivity index (χ1n) is 5.87. The van der Waals surface area contributed by atoms with Gasteiger partial charge in [-0.2, -0.15) is 0 Å². The van der Waals surface area contributed by atoms with E-state index in [4.69, 9.17) is 0 Å². The molecule has 0 heterocycles. The molecule has 0 heteroatoms.